The van der Waals surface area contributed by atoms with E-state index in [0.29, 0.717) is 11.0 Å². The number of nitrogens with one attached hydrogen (secondary N) is 1. The Balaban J connectivity index is 2.03. The van der Waals surface area contributed by atoms with Crippen LogP contribution in [0.4, 0.5) is 24.7 Å². The molecular weight excluding hydrogens is 349 g/mol. The van der Waals surface area contributed by atoms with Gasteiger partial charge in [0.15, 0.2) is 5.82 Å². The summed E-state index contributed by atoms with van der Waals surface area (Å²) in [4.78, 5) is 21.0. The van der Waals surface area contributed by atoms with Crippen LogP contribution in [-0.4, -0.2) is 20.9 Å². The van der Waals surface area contributed by atoms with E-state index >= 15 is 0 Å². The van der Waals surface area contributed by atoms with Gasteiger partial charge in [-0.1, -0.05) is 6.07 Å². The fraction of sp³-hybridized carbons (Fsp3) is 0.235. The molecule has 0 amide bonds. The van der Waals surface area contributed by atoms with Gasteiger partial charge in [0.1, 0.15) is 5.75 Å². The third-order valence-corrected chi connectivity index (χ3v) is 3.54. The number of halogens is 3. The predicted molar refractivity (Wildman–Crippen MR) is 90.6 cm³/mol. The third kappa shape index (κ3) is 3.76. The molecule has 3 rings (SSSR count). The minimum atomic E-state index is -4.79. The number of alkyl halides is 3. The Morgan fingerprint density at radius 3 is 2.69 bits per heavy atom. The summed E-state index contributed by atoms with van der Waals surface area (Å²) in [6, 6.07) is 6.71. The maximum Gasteiger partial charge on any atom is 0.573 e. The molecule has 26 heavy (non-hydrogen) atoms. The van der Waals surface area contributed by atoms with Crippen molar-refractivity contribution in [3.05, 3.63) is 53.1 Å². The molecule has 0 aliphatic heterocycles. The van der Waals surface area contributed by atoms with Crippen LogP contribution in [0.25, 0.3) is 11.0 Å². The Bertz CT molecular complexity index is 999. The number of fused-ring (bicyclic) bond motifs is 1. The summed E-state index contributed by atoms with van der Waals surface area (Å²) in [5.41, 5.74) is 0.966. The van der Waals surface area contributed by atoms with Crippen LogP contribution >= 0.6 is 0 Å². The predicted octanol–water partition coefficient (Wildman–Crippen LogP) is 4.01. The number of hydrogen-bond acceptors (Lipinski definition) is 5. The summed E-state index contributed by atoms with van der Waals surface area (Å²) < 4.78 is 42.5. The maximum atomic E-state index is 12.7. The average Bonchev–Trinajstić information content (AvgIpc) is 2.54. The summed E-state index contributed by atoms with van der Waals surface area (Å²) in [5.74, 6) is -0.391. The van der Waals surface area contributed by atoms with Gasteiger partial charge in [-0.05, 0) is 32.0 Å². The molecule has 2 aromatic heterocycles. The average molecular weight is 364 g/mol. The fourth-order valence-corrected chi connectivity index (χ4v) is 2.55. The molecule has 0 unspecified atom stereocenters. The molecule has 1 N–H and O–H groups in total. The van der Waals surface area contributed by atoms with E-state index in [0.717, 1.165) is 6.07 Å². The first-order valence-electron chi connectivity index (χ1n) is 7.74. The lowest BCUT2D eigenvalue weighted by atomic mass is 10.3. The number of pyridine rings is 1. The largest absolute Gasteiger partial charge is 0.573 e. The van der Waals surface area contributed by atoms with Gasteiger partial charge in [-0.15, -0.1) is 13.2 Å². The van der Waals surface area contributed by atoms with Crippen molar-refractivity contribution in [2.24, 2.45) is 0 Å². The number of anilines is 2. The first kappa shape index (κ1) is 17.7. The zero-order chi connectivity index (χ0) is 18.9. The van der Waals surface area contributed by atoms with Crippen LogP contribution in [0.2, 0.25) is 0 Å². The minimum absolute atomic E-state index is 0.00144. The molecule has 0 aliphatic carbocycles. The van der Waals surface area contributed by atoms with Crippen molar-refractivity contribution in [1.82, 2.24) is 14.5 Å². The number of hydrogen-bond donors (Lipinski definition) is 1. The Hall–Kier alpha value is -3.10. The van der Waals surface area contributed by atoms with Gasteiger partial charge < -0.3 is 10.1 Å². The minimum Gasteiger partial charge on any atom is -0.406 e. The van der Waals surface area contributed by atoms with E-state index in [9.17, 15) is 18.0 Å². The number of nitrogens with zero attached hydrogens (tertiary/aromatic N) is 3. The standard InChI is InChI=1S/C17H15F3N4O2/c1-10(2)24-14-9-21-7-6-13(14)23-15(16(24)25)22-11-4-3-5-12(8-11)26-17(18,19)20/h3-10H,1-2H3,(H,22,23). The quantitative estimate of drug-likeness (QED) is 0.757. The van der Waals surface area contributed by atoms with Crippen molar-refractivity contribution in [2.45, 2.75) is 26.3 Å². The second-order valence-electron chi connectivity index (χ2n) is 5.79. The van der Waals surface area contributed by atoms with Gasteiger partial charge in [0.2, 0.25) is 0 Å². The molecule has 0 saturated heterocycles. The maximum absolute atomic E-state index is 12.7. The number of benzene rings is 1. The second kappa shape index (κ2) is 6.66. The molecule has 0 radical (unpaired) electrons. The van der Waals surface area contributed by atoms with E-state index in [1.807, 2.05) is 13.8 Å². The van der Waals surface area contributed by atoms with Crippen LogP contribution in [-0.2, 0) is 0 Å². The van der Waals surface area contributed by atoms with Crippen LogP contribution < -0.4 is 15.6 Å². The van der Waals surface area contributed by atoms with Crippen LogP contribution in [0.1, 0.15) is 19.9 Å². The van der Waals surface area contributed by atoms with Crippen molar-refractivity contribution in [3.63, 3.8) is 0 Å². The molecule has 0 atom stereocenters. The third-order valence-electron chi connectivity index (χ3n) is 3.54. The molecule has 0 saturated carbocycles. The fourth-order valence-electron chi connectivity index (χ4n) is 2.55. The van der Waals surface area contributed by atoms with Gasteiger partial charge in [-0.3, -0.25) is 14.3 Å². The van der Waals surface area contributed by atoms with Gasteiger partial charge in [-0.25, -0.2) is 4.98 Å². The van der Waals surface area contributed by atoms with E-state index in [2.05, 4.69) is 20.0 Å². The van der Waals surface area contributed by atoms with Crippen molar-refractivity contribution in [2.75, 3.05) is 5.32 Å². The number of ether oxygens (including phenoxy) is 1. The smallest absolute Gasteiger partial charge is 0.406 e. The van der Waals surface area contributed by atoms with E-state index in [1.54, 1.807) is 18.5 Å². The molecule has 0 bridgehead atoms. The van der Waals surface area contributed by atoms with Crippen LogP contribution in [0.3, 0.4) is 0 Å². The van der Waals surface area contributed by atoms with Crippen LogP contribution in [0.15, 0.2) is 47.5 Å². The van der Waals surface area contributed by atoms with Gasteiger partial charge in [0.05, 0.1) is 17.2 Å². The molecule has 136 valence electrons. The van der Waals surface area contributed by atoms with E-state index < -0.39 is 17.7 Å². The molecule has 6 nitrogen and oxygen atoms in total. The monoisotopic (exact) mass is 364 g/mol. The zero-order valence-corrected chi connectivity index (χ0v) is 13.9. The van der Waals surface area contributed by atoms with E-state index in [1.165, 1.54) is 22.8 Å². The van der Waals surface area contributed by atoms with Crippen molar-refractivity contribution >= 4 is 22.5 Å². The number of rotatable bonds is 4. The number of aromatic nitrogens is 3. The highest BCUT2D eigenvalue weighted by Crippen LogP contribution is 2.26. The molecule has 9 heteroatoms. The Morgan fingerprint density at radius 1 is 1.23 bits per heavy atom. The van der Waals surface area contributed by atoms with Gasteiger partial charge in [0.25, 0.3) is 5.56 Å². The lowest BCUT2D eigenvalue weighted by Gasteiger charge is -2.16. The summed E-state index contributed by atoms with van der Waals surface area (Å²) in [6.07, 6.45) is -1.70. The molecule has 1 aromatic carbocycles. The lowest BCUT2D eigenvalue weighted by molar-refractivity contribution is -0.274. The van der Waals surface area contributed by atoms with E-state index in [4.69, 9.17) is 0 Å². The lowest BCUT2D eigenvalue weighted by Crippen LogP contribution is -2.26. The zero-order valence-electron chi connectivity index (χ0n) is 13.9. The highest BCUT2D eigenvalue weighted by molar-refractivity contribution is 5.76. The van der Waals surface area contributed by atoms with Gasteiger partial charge >= 0.3 is 6.36 Å². The SMILES string of the molecule is CC(C)n1c(=O)c(Nc2cccc(OC(F)(F)F)c2)nc2ccncc21. The summed E-state index contributed by atoms with van der Waals surface area (Å²) in [6.45, 7) is 3.69. The first-order valence-corrected chi connectivity index (χ1v) is 7.74. The van der Waals surface area contributed by atoms with Gasteiger partial charge in [0, 0.05) is 24.0 Å². The first-order chi connectivity index (χ1) is 12.2. The van der Waals surface area contributed by atoms with Crippen molar-refractivity contribution < 1.29 is 17.9 Å². The van der Waals surface area contributed by atoms with Crippen molar-refractivity contribution in [1.29, 1.82) is 0 Å². The van der Waals surface area contributed by atoms with E-state index in [-0.39, 0.29) is 17.5 Å². The Kier molecular flexibility index (Phi) is 4.54. The summed E-state index contributed by atoms with van der Waals surface area (Å²) in [7, 11) is 0. The summed E-state index contributed by atoms with van der Waals surface area (Å²) >= 11 is 0. The molecule has 3 aromatic rings. The molecule has 2 heterocycles. The molecular formula is C17H15F3N4O2. The Morgan fingerprint density at radius 2 is 2.00 bits per heavy atom. The Labute approximate surface area is 146 Å². The van der Waals surface area contributed by atoms with Gasteiger partial charge in [-0.2, -0.15) is 0 Å². The summed E-state index contributed by atoms with van der Waals surface area (Å²) in [5, 5.41) is 2.77. The van der Waals surface area contributed by atoms with Crippen molar-refractivity contribution in [3.8, 4) is 5.75 Å². The molecule has 0 aliphatic rings. The second-order valence-corrected chi connectivity index (χ2v) is 5.79. The molecule has 0 spiro atoms. The normalized spacial score (nSPS) is 11.8. The molecule has 0 fully saturated rings. The highest BCUT2D eigenvalue weighted by atomic mass is 19.4. The van der Waals surface area contributed by atoms with Crippen LogP contribution in [0.5, 0.6) is 5.75 Å². The highest BCUT2D eigenvalue weighted by Gasteiger charge is 2.31. The topological polar surface area (TPSA) is 69.0 Å². The van der Waals surface area contributed by atoms with Crippen LogP contribution in [0, 0.1) is 0 Å².